The van der Waals surface area contributed by atoms with Gasteiger partial charge >= 0.3 is 11.9 Å². The van der Waals surface area contributed by atoms with Crippen LogP contribution in [0.1, 0.15) is 91.6 Å². The van der Waals surface area contributed by atoms with Crippen LogP contribution in [0.15, 0.2) is 121 Å². The fourth-order valence-corrected chi connectivity index (χ4v) is 7.98. The number of anilines is 2. The molecule has 4 unspecified atom stereocenters. The highest BCUT2D eigenvalue weighted by Crippen LogP contribution is 2.39. The molecule has 4 aromatic rings. The molecule has 2 fully saturated rings. The first kappa shape index (κ1) is 39.8. The topological polar surface area (TPSA) is 127 Å². The highest BCUT2D eigenvalue weighted by atomic mass is 16.5. The molecule has 10 nitrogen and oxygen atoms in total. The van der Waals surface area contributed by atoms with E-state index in [1.807, 2.05) is 48.6 Å². The molecule has 4 aliphatic rings. The summed E-state index contributed by atoms with van der Waals surface area (Å²) in [6.45, 7) is 8.36. The number of benzene rings is 4. The Morgan fingerprint density at radius 2 is 0.776 bits per heavy atom. The van der Waals surface area contributed by atoms with E-state index in [-0.39, 0.29) is 58.4 Å². The molecule has 0 aromatic heterocycles. The molecule has 0 saturated carbocycles. The molecule has 0 radical (unpaired) electrons. The van der Waals surface area contributed by atoms with E-state index in [1.165, 1.54) is 16.2 Å². The number of rotatable bonds is 8. The first-order valence-corrected chi connectivity index (χ1v) is 19.8. The molecule has 4 aromatic carbocycles. The Morgan fingerprint density at radius 3 is 1.05 bits per heavy atom. The molecule has 10 heteroatoms. The quantitative estimate of drug-likeness (QED) is 0.0752. The second kappa shape index (κ2) is 16.6. The van der Waals surface area contributed by atoms with Crippen molar-refractivity contribution >= 4 is 46.9 Å². The smallest absolute Gasteiger partial charge is 0.343 e. The molecule has 8 rings (SSSR count). The third-order valence-corrected chi connectivity index (χ3v) is 11.3. The Labute approximate surface area is 338 Å². The molecule has 2 heterocycles. The number of nitrogens with zero attached hydrogens (tertiary/aromatic N) is 2. The van der Waals surface area contributed by atoms with E-state index in [4.69, 9.17) is 9.47 Å². The van der Waals surface area contributed by atoms with E-state index in [9.17, 15) is 28.8 Å². The number of hydrogen-bond donors (Lipinski definition) is 0. The van der Waals surface area contributed by atoms with Crippen LogP contribution >= 0.6 is 0 Å². The number of ether oxygens (including phenoxy) is 2. The third kappa shape index (κ3) is 7.66. The van der Waals surface area contributed by atoms with Crippen molar-refractivity contribution in [2.45, 2.75) is 65.2 Å². The van der Waals surface area contributed by atoms with Gasteiger partial charge in [0.25, 0.3) is 0 Å². The van der Waals surface area contributed by atoms with Crippen LogP contribution in [0, 0.1) is 23.7 Å². The van der Waals surface area contributed by atoms with E-state index >= 15 is 0 Å². The number of carbonyl (C=O) groups excluding carboxylic acids is 6. The van der Waals surface area contributed by atoms with Gasteiger partial charge in [0.05, 0.1) is 46.2 Å². The maximum Gasteiger partial charge on any atom is 0.343 e. The van der Waals surface area contributed by atoms with Gasteiger partial charge in [-0.2, -0.15) is 0 Å². The maximum absolute atomic E-state index is 13.0. The molecule has 0 bridgehead atoms. The summed E-state index contributed by atoms with van der Waals surface area (Å²) >= 11 is 0. The summed E-state index contributed by atoms with van der Waals surface area (Å²) in [4.78, 5) is 80.1. The normalized spacial score (nSPS) is 21.0. The van der Waals surface area contributed by atoms with Gasteiger partial charge in [-0.05, 0) is 110 Å². The zero-order valence-electron chi connectivity index (χ0n) is 33.1. The molecule has 0 N–H and O–H groups in total. The average molecular weight is 779 g/mol. The number of esters is 2. The molecule has 296 valence electrons. The van der Waals surface area contributed by atoms with Crippen molar-refractivity contribution < 1.29 is 38.2 Å². The van der Waals surface area contributed by atoms with Crippen LogP contribution in [0.4, 0.5) is 11.4 Å². The van der Waals surface area contributed by atoms with Gasteiger partial charge < -0.3 is 9.47 Å². The predicted molar refractivity (Wildman–Crippen MR) is 219 cm³/mol. The summed E-state index contributed by atoms with van der Waals surface area (Å²) in [7, 11) is 0. The van der Waals surface area contributed by atoms with Crippen LogP contribution in [-0.4, -0.2) is 35.6 Å². The lowest BCUT2D eigenvalue weighted by atomic mass is 9.78. The summed E-state index contributed by atoms with van der Waals surface area (Å²) < 4.78 is 11.3. The van der Waals surface area contributed by atoms with Crippen molar-refractivity contribution in [2.75, 3.05) is 9.80 Å². The van der Waals surface area contributed by atoms with Crippen LogP contribution < -0.4 is 19.3 Å². The Kier molecular flexibility index (Phi) is 11.4. The molecule has 2 saturated heterocycles. The Hall–Kier alpha value is -6.42. The monoisotopic (exact) mass is 778 g/mol. The number of imide groups is 2. The number of allylic oxidation sites excluding steroid dienone is 4. The van der Waals surface area contributed by atoms with Crippen molar-refractivity contribution in [1.29, 1.82) is 0 Å². The summed E-state index contributed by atoms with van der Waals surface area (Å²) in [6, 6.07) is 27.0. The van der Waals surface area contributed by atoms with Crippen LogP contribution in [0.25, 0.3) is 0 Å². The zero-order chi connectivity index (χ0) is 41.1. The van der Waals surface area contributed by atoms with Gasteiger partial charge in [0.1, 0.15) is 11.5 Å². The number of amides is 4. The minimum absolute atomic E-state index is 0.205. The van der Waals surface area contributed by atoms with Crippen LogP contribution in [0.2, 0.25) is 0 Å². The lowest BCUT2D eigenvalue weighted by Crippen LogP contribution is -2.30. The first-order chi connectivity index (χ1) is 27.9. The molecule has 0 spiro atoms. The van der Waals surface area contributed by atoms with Crippen molar-refractivity contribution in [1.82, 2.24) is 0 Å². The summed E-state index contributed by atoms with van der Waals surface area (Å²) in [5.41, 5.74) is 2.92. The van der Waals surface area contributed by atoms with Gasteiger partial charge in [-0.15, -0.1) is 0 Å². The van der Waals surface area contributed by atoms with E-state index in [2.05, 4.69) is 27.7 Å². The number of fused-ring (bicyclic) bond motifs is 2. The lowest BCUT2D eigenvalue weighted by Gasteiger charge is -2.26. The van der Waals surface area contributed by atoms with E-state index < -0.39 is 17.4 Å². The zero-order valence-corrected chi connectivity index (χ0v) is 33.1. The summed E-state index contributed by atoms with van der Waals surface area (Å²) in [5.74, 6) is -2.55. The van der Waals surface area contributed by atoms with Crippen LogP contribution in [0.5, 0.6) is 11.5 Å². The van der Waals surface area contributed by atoms with Gasteiger partial charge in [-0.1, -0.05) is 82.7 Å². The minimum atomic E-state index is -0.566. The maximum atomic E-state index is 13.0. The van der Waals surface area contributed by atoms with Crippen molar-refractivity contribution in [3.8, 4) is 11.5 Å². The van der Waals surface area contributed by atoms with E-state index in [1.54, 1.807) is 72.8 Å². The molecular formula is C48H46N2O8. The first-order valence-electron chi connectivity index (χ1n) is 19.8. The summed E-state index contributed by atoms with van der Waals surface area (Å²) in [5, 5.41) is 0. The van der Waals surface area contributed by atoms with E-state index in [0.717, 1.165) is 11.1 Å². The number of carbonyl (C=O) groups is 6. The molecule has 2 aliphatic heterocycles. The average Bonchev–Trinajstić information content (AvgIpc) is 3.65. The van der Waals surface area contributed by atoms with Gasteiger partial charge in [-0.3, -0.25) is 29.0 Å². The predicted octanol–water partition coefficient (Wildman–Crippen LogP) is 8.78. The Balaban J connectivity index is 0.00000166. The second-order valence-electron chi connectivity index (χ2n) is 15.6. The largest absolute Gasteiger partial charge is 0.423 e. The standard InChI is InChI=1S/C45H38N2O8.C3H8/c1-45(2,29-15-23-33(24-16-29)54-43(52)27-11-19-31(20-12-27)46-39(48)35-7-3-4-8-36(35)40(46)49)30-17-25-34(26-18-30)55-44(53)28-13-21-32(22-14-28)47-41(50)37-9-5-6-10-38(37)42(47)51;1-3-2/h3-6,11-26,35-38H,7-10H2,1-2H3;3H2,1-2H3. The van der Waals surface area contributed by atoms with Crippen molar-refractivity contribution in [2.24, 2.45) is 23.7 Å². The summed E-state index contributed by atoms with van der Waals surface area (Å²) in [6.07, 6.45) is 11.3. The van der Waals surface area contributed by atoms with Gasteiger partial charge in [0.2, 0.25) is 23.6 Å². The SMILES string of the molecule is CC(C)(c1ccc(OC(=O)c2ccc(N3C(=O)C4CC=CCC4C3=O)cc2)cc1)c1ccc(OC(=O)c2ccc(N3C(=O)C4CC=CCC4C3=O)cc2)cc1.CCC. The van der Waals surface area contributed by atoms with Crippen LogP contribution in [0.3, 0.4) is 0 Å². The highest BCUT2D eigenvalue weighted by Gasteiger charge is 2.49. The van der Waals surface area contributed by atoms with Gasteiger partial charge in [0.15, 0.2) is 0 Å². The van der Waals surface area contributed by atoms with Gasteiger partial charge in [-0.25, -0.2) is 9.59 Å². The second-order valence-corrected chi connectivity index (χ2v) is 15.6. The molecule has 4 atom stereocenters. The number of hydrogen-bond acceptors (Lipinski definition) is 8. The Morgan fingerprint density at radius 1 is 0.500 bits per heavy atom. The van der Waals surface area contributed by atoms with Gasteiger partial charge in [0, 0.05) is 5.41 Å². The third-order valence-electron chi connectivity index (χ3n) is 11.3. The molecular weight excluding hydrogens is 733 g/mol. The lowest BCUT2D eigenvalue weighted by molar-refractivity contribution is -0.124. The van der Waals surface area contributed by atoms with E-state index in [0.29, 0.717) is 48.6 Å². The Bertz CT molecular complexity index is 2080. The van der Waals surface area contributed by atoms with Crippen molar-refractivity contribution in [3.05, 3.63) is 144 Å². The molecule has 2 aliphatic carbocycles. The fourth-order valence-electron chi connectivity index (χ4n) is 7.98. The minimum Gasteiger partial charge on any atom is -0.423 e. The van der Waals surface area contributed by atoms with Crippen molar-refractivity contribution in [3.63, 3.8) is 0 Å². The van der Waals surface area contributed by atoms with Crippen LogP contribution in [-0.2, 0) is 24.6 Å². The molecule has 58 heavy (non-hydrogen) atoms. The molecule has 4 amide bonds. The fraction of sp³-hybridized carbons (Fsp3) is 0.292. The highest BCUT2D eigenvalue weighted by molar-refractivity contribution is 6.23.